The Balaban J connectivity index is 2.10. The highest BCUT2D eigenvalue weighted by Gasteiger charge is 2.28. The standard InChI is InChI=1S/C12H10BrNO/c13-8-3-4-11-9(6-8)10(12(15)14-11)5-7-1-2-7/h3-7H,1-2H2,(H,14,15). The van der Waals surface area contributed by atoms with Gasteiger partial charge in [-0.15, -0.1) is 0 Å². The second-order valence-corrected chi connectivity index (χ2v) is 4.98. The SMILES string of the molecule is O=C1Nc2ccc(Br)cc2C1=CC1CC1. The van der Waals surface area contributed by atoms with Gasteiger partial charge in [-0.25, -0.2) is 0 Å². The molecule has 0 radical (unpaired) electrons. The number of allylic oxidation sites excluding steroid dienone is 1. The lowest BCUT2D eigenvalue weighted by Crippen LogP contribution is -2.03. The van der Waals surface area contributed by atoms with Gasteiger partial charge in [-0.05, 0) is 37.0 Å². The molecule has 2 nitrogen and oxygen atoms in total. The lowest BCUT2D eigenvalue weighted by atomic mass is 10.1. The van der Waals surface area contributed by atoms with E-state index in [0.29, 0.717) is 5.92 Å². The summed E-state index contributed by atoms with van der Waals surface area (Å²) in [6.07, 6.45) is 4.55. The maximum absolute atomic E-state index is 11.7. The van der Waals surface area contributed by atoms with Crippen LogP contribution in [0.4, 0.5) is 5.69 Å². The highest BCUT2D eigenvalue weighted by molar-refractivity contribution is 9.10. The third-order valence-corrected chi connectivity index (χ3v) is 3.28. The maximum Gasteiger partial charge on any atom is 0.256 e. The van der Waals surface area contributed by atoms with Gasteiger partial charge in [-0.2, -0.15) is 0 Å². The number of halogens is 1. The molecule has 3 rings (SSSR count). The van der Waals surface area contributed by atoms with Crippen LogP contribution in [0.1, 0.15) is 18.4 Å². The molecule has 1 saturated carbocycles. The predicted molar refractivity (Wildman–Crippen MR) is 63.5 cm³/mol. The number of nitrogens with one attached hydrogen (secondary N) is 1. The van der Waals surface area contributed by atoms with E-state index in [1.807, 2.05) is 18.2 Å². The highest BCUT2D eigenvalue weighted by Crippen LogP contribution is 2.39. The van der Waals surface area contributed by atoms with E-state index in [9.17, 15) is 4.79 Å². The fourth-order valence-corrected chi connectivity index (χ4v) is 2.19. The Kier molecular flexibility index (Phi) is 1.96. The zero-order valence-corrected chi connectivity index (χ0v) is 9.67. The fraction of sp³-hybridized carbons (Fsp3) is 0.250. The van der Waals surface area contributed by atoms with Crippen LogP contribution < -0.4 is 5.32 Å². The summed E-state index contributed by atoms with van der Waals surface area (Å²) < 4.78 is 1.01. The van der Waals surface area contributed by atoms with Crippen molar-refractivity contribution in [1.29, 1.82) is 0 Å². The quantitative estimate of drug-likeness (QED) is 0.775. The van der Waals surface area contributed by atoms with Crippen molar-refractivity contribution < 1.29 is 4.79 Å². The molecule has 15 heavy (non-hydrogen) atoms. The van der Waals surface area contributed by atoms with Crippen LogP contribution in [0, 0.1) is 5.92 Å². The molecule has 1 N–H and O–H groups in total. The van der Waals surface area contributed by atoms with Crippen molar-refractivity contribution in [2.75, 3.05) is 5.32 Å². The molecule has 1 heterocycles. The van der Waals surface area contributed by atoms with Crippen molar-refractivity contribution in [2.45, 2.75) is 12.8 Å². The summed E-state index contributed by atoms with van der Waals surface area (Å²) >= 11 is 3.43. The van der Waals surface area contributed by atoms with Crippen LogP contribution >= 0.6 is 15.9 Å². The average Bonchev–Trinajstić information content (AvgIpc) is 2.96. The Morgan fingerprint density at radius 1 is 1.40 bits per heavy atom. The van der Waals surface area contributed by atoms with E-state index in [0.717, 1.165) is 21.3 Å². The monoisotopic (exact) mass is 263 g/mol. The van der Waals surface area contributed by atoms with E-state index in [1.54, 1.807) is 0 Å². The van der Waals surface area contributed by atoms with Crippen LogP contribution in [0.3, 0.4) is 0 Å². The van der Waals surface area contributed by atoms with E-state index in [4.69, 9.17) is 0 Å². The molecule has 0 unspecified atom stereocenters. The zero-order valence-electron chi connectivity index (χ0n) is 8.09. The molecule has 0 atom stereocenters. The summed E-state index contributed by atoms with van der Waals surface area (Å²) in [6.45, 7) is 0. The Morgan fingerprint density at radius 3 is 2.93 bits per heavy atom. The van der Waals surface area contributed by atoms with Gasteiger partial charge in [0, 0.05) is 21.3 Å². The second kappa shape index (κ2) is 3.20. The average molecular weight is 264 g/mol. The molecule has 2 aliphatic rings. The van der Waals surface area contributed by atoms with Gasteiger partial charge in [0.1, 0.15) is 0 Å². The van der Waals surface area contributed by atoms with Crippen LogP contribution in [0.15, 0.2) is 28.7 Å². The van der Waals surface area contributed by atoms with Crippen LogP contribution in [0.2, 0.25) is 0 Å². The molecule has 0 bridgehead atoms. The zero-order chi connectivity index (χ0) is 10.4. The molecule has 1 aromatic carbocycles. The number of benzene rings is 1. The van der Waals surface area contributed by atoms with E-state index in [-0.39, 0.29) is 5.91 Å². The Hall–Kier alpha value is -1.09. The normalized spacial score (nSPS) is 21.7. The Bertz CT molecular complexity index is 475. The molecule has 1 aliphatic carbocycles. The van der Waals surface area contributed by atoms with Crippen molar-refractivity contribution in [1.82, 2.24) is 0 Å². The summed E-state index contributed by atoms with van der Waals surface area (Å²) in [5.41, 5.74) is 2.80. The summed E-state index contributed by atoms with van der Waals surface area (Å²) in [7, 11) is 0. The number of hydrogen-bond donors (Lipinski definition) is 1. The van der Waals surface area contributed by atoms with Gasteiger partial charge >= 0.3 is 0 Å². The maximum atomic E-state index is 11.7. The minimum absolute atomic E-state index is 0.0370. The molecule has 0 aromatic heterocycles. The van der Waals surface area contributed by atoms with Crippen LogP contribution in [0.5, 0.6) is 0 Å². The fourth-order valence-electron chi connectivity index (χ4n) is 1.82. The van der Waals surface area contributed by atoms with Crippen LogP contribution in [-0.2, 0) is 4.79 Å². The number of carbonyl (C=O) groups excluding carboxylic acids is 1. The highest BCUT2D eigenvalue weighted by atomic mass is 79.9. The number of hydrogen-bond acceptors (Lipinski definition) is 1. The topological polar surface area (TPSA) is 29.1 Å². The number of rotatable bonds is 1. The molecule has 1 fully saturated rings. The molecule has 0 saturated heterocycles. The number of amides is 1. The second-order valence-electron chi connectivity index (χ2n) is 4.06. The smallest absolute Gasteiger partial charge is 0.256 e. The summed E-state index contributed by atoms with van der Waals surface area (Å²) in [5.74, 6) is 0.658. The first-order valence-electron chi connectivity index (χ1n) is 5.07. The predicted octanol–water partition coefficient (Wildman–Crippen LogP) is 3.19. The summed E-state index contributed by atoms with van der Waals surface area (Å²) in [6, 6.07) is 5.88. The van der Waals surface area contributed by atoms with Gasteiger partial charge in [0.2, 0.25) is 0 Å². The Morgan fingerprint density at radius 2 is 2.20 bits per heavy atom. The largest absolute Gasteiger partial charge is 0.321 e. The lowest BCUT2D eigenvalue weighted by Gasteiger charge is -1.98. The number of carbonyl (C=O) groups is 1. The first-order valence-corrected chi connectivity index (χ1v) is 5.86. The van der Waals surface area contributed by atoms with Crippen LogP contribution in [0.25, 0.3) is 5.57 Å². The third kappa shape index (κ3) is 1.61. The molecular formula is C12H10BrNO. The summed E-state index contributed by atoms with van der Waals surface area (Å²) in [5, 5.41) is 2.88. The minimum atomic E-state index is 0.0370. The first-order chi connectivity index (χ1) is 7.24. The third-order valence-electron chi connectivity index (χ3n) is 2.79. The Labute approximate surface area is 96.5 Å². The van der Waals surface area contributed by atoms with E-state index in [1.165, 1.54) is 12.8 Å². The number of fused-ring (bicyclic) bond motifs is 1. The molecule has 3 heteroatoms. The van der Waals surface area contributed by atoms with Crippen molar-refractivity contribution in [2.24, 2.45) is 5.92 Å². The molecule has 1 amide bonds. The lowest BCUT2D eigenvalue weighted by molar-refractivity contribution is -0.110. The van der Waals surface area contributed by atoms with Crippen molar-refractivity contribution in [3.05, 3.63) is 34.3 Å². The van der Waals surface area contributed by atoms with Crippen molar-refractivity contribution in [3.8, 4) is 0 Å². The molecule has 0 spiro atoms. The van der Waals surface area contributed by atoms with E-state index < -0.39 is 0 Å². The molecule has 1 aliphatic heterocycles. The van der Waals surface area contributed by atoms with Crippen molar-refractivity contribution >= 4 is 33.1 Å². The van der Waals surface area contributed by atoms with Gasteiger partial charge in [0.05, 0.1) is 0 Å². The molecular weight excluding hydrogens is 254 g/mol. The van der Waals surface area contributed by atoms with Gasteiger partial charge in [-0.3, -0.25) is 4.79 Å². The molecule has 1 aromatic rings. The van der Waals surface area contributed by atoms with Gasteiger partial charge in [0.15, 0.2) is 0 Å². The first kappa shape index (κ1) is 9.16. The van der Waals surface area contributed by atoms with Gasteiger partial charge in [-0.1, -0.05) is 22.0 Å². The van der Waals surface area contributed by atoms with E-state index in [2.05, 4.69) is 27.3 Å². The van der Waals surface area contributed by atoms with Gasteiger partial charge < -0.3 is 5.32 Å². The van der Waals surface area contributed by atoms with Gasteiger partial charge in [0.25, 0.3) is 5.91 Å². The molecule has 76 valence electrons. The number of anilines is 1. The van der Waals surface area contributed by atoms with Crippen molar-refractivity contribution in [3.63, 3.8) is 0 Å². The summed E-state index contributed by atoms with van der Waals surface area (Å²) in [4.78, 5) is 11.7. The van der Waals surface area contributed by atoms with E-state index >= 15 is 0 Å². The van der Waals surface area contributed by atoms with Crippen LogP contribution in [-0.4, -0.2) is 5.91 Å². The minimum Gasteiger partial charge on any atom is -0.321 e.